The number of rotatable bonds is 14. The number of unbranched alkanes of at least 4 members (excludes halogenated alkanes) is 2. The molecule has 35 heavy (non-hydrogen) atoms. The van der Waals surface area contributed by atoms with Gasteiger partial charge in [-0.25, -0.2) is 4.79 Å². The first-order valence-electron chi connectivity index (χ1n) is 12.3. The number of carbonyl (C=O) groups excluding carboxylic acids is 3. The van der Waals surface area contributed by atoms with Crippen LogP contribution < -0.4 is 10.6 Å². The molecule has 0 bridgehead atoms. The molecule has 3 amide bonds. The van der Waals surface area contributed by atoms with Crippen molar-refractivity contribution in [3.63, 3.8) is 0 Å². The molecule has 0 aliphatic rings. The number of nitrogens with one attached hydrogen (secondary N) is 2. The summed E-state index contributed by atoms with van der Waals surface area (Å²) in [4.78, 5) is 41.3. The van der Waals surface area contributed by atoms with E-state index in [-0.39, 0.29) is 18.4 Å². The fraction of sp³-hybridized carbons (Fsp3) is 0.593. The lowest BCUT2D eigenvalue weighted by Crippen LogP contribution is -2.53. The van der Waals surface area contributed by atoms with Gasteiger partial charge in [-0.15, -0.1) is 6.58 Å². The summed E-state index contributed by atoms with van der Waals surface area (Å²) in [6.45, 7) is 13.9. The van der Waals surface area contributed by atoms with Gasteiger partial charge in [0.1, 0.15) is 17.7 Å². The molecule has 1 aromatic carbocycles. The van der Waals surface area contributed by atoms with Gasteiger partial charge >= 0.3 is 6.09 Å². The molecule has 2 unspecified atom stereocenters. The minimum absolute atomic E-state index is 0.158. The number of aryl methyl sites for hydroxylation is 1. The average Bonchev–Trinajstić information content (AvgIpc) is 2.77. The summed E-state index contributed by atoms with van der Waals surface area (Å²) in [6, 6.07) is 5.91. The van der Waals surface area contributed by atoms with Gasteiger partial charge in [-0.05, 0) is 58.1 Å². The summed E-state index contributed by atoms with van der Waals surface area (Å²) in [6.07, 6.45) is 6.22. The summed E-state index contributed by atoms with van der Waals surface area (Å²) in [5.41, 5.74) is 1.01. The van der Waals surface area contributed by atoms with Gasteiger partial charge in [0, 0.05) is 13.1 Å². The van der Waals surface area contributed by atoms with E-state index in [9.17, 15) is 14.4 Å². The van der Waals surface area contributed by atoms with Gasteiger partial charge in [0.25, 0.3) is 0 Å². The molecule has 0 saturated heterocycles. The fourth-order valence-corrected chi connectivity index (χ4v) is 4.07. The molecule has 0 heterocycles. The molecule has 2 atom stereocenters. The third kappa shape index (κ3) is 11.2. The first-order valence-corrected chi connectivity index (χ1v) is 13.7. The number of nitrogens with zero attached hydrogens (tertiary/aromatic N) is 1. The highest BCUT2D eigenvalue weighted by Gasteiger charge is 2.35. The standard InChI is InChI=1S/C27H43N3O4S/c1-8-10-11-16-28-24(31)23(21-14-12-13-20(3)19-21)30(17-9-2)25(32)22(15-18-35-7)29-26(33)34-27(4,5)6/h9,12-14,19,22-23H,2,8,10-11,15-18H2,1,3-7H3,(H,28,31)(H,29,33). The van der Waals surface area contributed by atoms with Crippen molar-refractivity contribution in [2.45, 2.75) is 78.0 Å². The van der Waals surface area contributed by atoms with Crippen LogP contribution in [0, 0.1) is 6.92 Å². The Morgan fingerprint density at radius 1 is 1.23 bits per heavy atom. The van der Waals surface area contributed by atoms with Crippen LogP contribution in [-0.2, 0) is 14.3 Å². The Balaban J connectivity index is 3.32. The van der Waals surface area contributed by atoms with Gasteiger partial charge in [0.2, 0.25) is 11.8 Å². The summed E-state index contributed by atoms with van der Waals surface area (Å²) in [5, 5.41) is 5.73. The van der Waals surface area contributed by atoms with Crippen LogP contribution >= 0.6 is 11.8 Å². The second-order valence-corrected chi connectivity index (χ2v) is 10.6. The van der Waals surface area contributed by atoms with Crippen LogP contribution in [0.15, 0.2) is 36.9 Å². The molecule has 0 spiro atoms. The molecule has 2 N–H and O–H groups in total. The molecular weight excluding hydrogens is 462 g/mol. The molecule has 7 nitrogen and oxygen atoms in total. The van der Waals surface area contributed by atoms with Crippen LogP contribution in [-0.4, -0.2) is 59.5 Å². The van der Waals surface area contributed by atoms with E-state index in [2.05, 4.69) is 24.1 Å². The minimum atomic E-state index is -0.848. The van der Waals surface area contributed by atoms with Crippen LogP contribution in [0.2, 0.25) is 0 Å². The van der Waals surface area contributed by atoms with Crippen molar-refractivity contribution in [3.8, 4) is 0 Å². The van der Waals surface area contributed by atoms with Gasteiger partial charge in [-0.3, -0.25) is 9.59 Å². The van der Waals surface area contributed by atoms with E-state index in [4.69, 9.17) is 4.74 Å². The highest BCUT2D eigenvalue weighted by Crippen LogP contribution is 2.24. The topological polar surface area (TPSA) is 87.7 Å². The predicted octanol–water partition coefficient (Wildman–Crippen LogP) is 5.00. The van der Waals surface area contributed by atoms with Crippen molar-refractivity contribution < 1.29 is 19.1 Å². The highest BCUT2D eigenvalue weighted by atomic mass is 32.2. The molecular formula is C27H43N3O4S. The summed E-state index contributed by atoms with van der Waals surface area (Å²) >= 11 is 1.58. The second kappa shape index (κ2) is 15.5. The maximum atomic E-state index is 13.8. The molecule has 1 rings (SSSR count). The molecule has 1 aromatic rings. The number of hydrogen-bond acceptors (Lipinski definition) is 5. The lowest BCUT2D eigenvalue weighted by Gasteiger charge is -2.34. The van der Waals surface area contributed by atoms with E-state index in [0.29, 0.717) is 24.3 Å². The number of alkyl carbamates (subject to hydrolysis) is 1. The Morgan fingerprint density at radius 2 is 1.94 bits per heavy atom. The Labute approximate surface area is 215 Å². The molecule has 8 heteroatoms. The van der Waals surface area contributed by atoms with E-state index in [1.807, 2.05) is 37.4 Å². The first-order chi connectivity index (χ1) is 16.5. The molecule has 0 saturated carbocycles. The Morgan fingerprint density at radius 3 is 2.51 bits per heavy atom. The molecule has 0 radical (unpaired) electrons. The zero-order chi connectivity index (χ0) is 26.4. The van der Waals surface area contributed by atoms with Crippen molar-refractivity contribution in [1.82, 2.24) is 15.5 Å². The first kappa shape index (κ1) is 30.6. The van der Waals surface area contributed by atoms with Crippen molar-refractivity contribution in [3.05, 3.63) is 48.0 Å². The number of carbonyl (C=O) groups is 3. The third-order valence-electron chi connectivity index (χ3n) is 5.21. The Kier molecular flexibility index (Phi) is 13.5. The van der Waals surface area contributed by atoms with Crippen molar-refractivity contribution in [1.29, 1.82) is 0 Å². The van der Waals surface area contributed by atoms with Crippen molar-refractivity contribution in [2.75, 3.05) is 25.1 Å². The van der Waals surface area contributed by atoms with Crippen LogP contribution in [0.3, 0.4) is 0 Å². The smallest absolute Gasteiger partial charge is 0.408 e. The zero-order valence-corrected chi connectivity index (χ0v) is 23.0. The van der Waals surface area contributed by atoms with Gasteiger partial charge in [0.15, 0.2) is 0 Å². The summed E-state index contributed by atoms with van der Waals surface area (Å²) < 4.78 is 5.40. The van der Waals surface area contributed by atoms with E-state index < -0.39 is 23.8 Å². The quantitative estimate of drug-likeness (QED) is 0.274. The summed E-state index contributed by atoms with van der Waals surface area (Å²) in [7, 11) is 0. The molecule has 0 fully saturated rings. The van der Waals surface area contributed by atoms with E-state index in [1.54, 1.807) is 38.6 Å². The SMILES string of the molecule is C=CCN(C(=O)C(CCSC)NC(=O)OC(C)(C)C)C(C(=O)NCCCCC)c1cccc(C)c1. The van der Waals surface area contributed by atoms with Crippen LogP contribution in [0.4, 0.5) is 4.79 Å². The lowest BCUT2D eigenvalue weighted by atomic mass is 10.0. The van der Waals surface area contributed by atoms with Crippen molar-refractivity contribution >= 4 is 29.7 Å². The van der Waals surface area contributed by atoms with Gasteiger partial charge in [0.05, 0.1) is 0 Å². The Hall–Kier alpha value is -2.48. The van der Waals surface area contributed by atoms with Crippen molar-refractivity contribution in [2.24, 2.45) is 0 Å². The largest absolute Gasteiger partial charge is 0.444 e. The lowest BCUT2D eigenvalue weighted by molar-refractivity contribution is -0.141. The maximum absolute atomic E-state index is 13.8. The minimum Gasteiger partial charge on any atom is -0.444 e. The zero-order valence-electron chi connectivity index (χ0n) is 22.2. The van der Waals surface area contributed by atoms with E-state index in [0.717, 1.165) is 24.8 Å². The van der Waals surface area contributed by atoms with Crippen LogP contribution in [0.1, 0.15) is 70.5 Å². The summed E-state index contributed by atoms with van der Waals surface area (Å²) in [5.74, 6) is 0.0646. The predicted molar refractivity (Wildman–Crippen MR) is 145 cm³/mol. The van der Waals surface area contributed by atoms with Crippen LogP contribution in [0.25, 0.3) is 0 Å². The molecule has 0 aliphatic carbocycles. The van der Waals surface area contributed by atoms with E-state index in [1.165, 1.54) is 4.90 Å². The van der Waals surface area contributed by atoms with Crippen LogP contribution in [0.5, 0.6) is 0 Å². The average molecular weight is 506 g/mol. The Bertz CT molecular complexity index is 838. The monoisotopic (exact) mass is 505 g/mol. The number of hydrogen-bond donors (Lipinski definition) is 2. The second-order valence-electron chi connectivity index (χ2n) is 9.57. The number of ether oxygens (including phenoxy) is 1. The molecule has 0 aromatic heterocycles. The number of amides is 3. The van der Waals surface area contributed by atoms with E-state index >= 15 is 0 Å². The van der Waals surface area contributed by atoms with Gasteiger partial charge in [-0.1, -0.05) is 55.7 Å². The number of benzene rings is 1. The molecule has 0 aliphatic heterocycles. The van der Waals surface area contributed by atoms with Gasteiger partial charge in [-0.2, -0.15) is 11.8 Å². The molecule has 196 valence electrons. The highest BCUT2D eigenvalue weighted by molar-refractivity contribution is 7.98. The normalized spacial score (nSPS) is 12.9. The fourth-order valence-electron chi connectivity index (χ4n) is 3.60. The maximum Gasteiger partial charge on any atom is 0.408 e. The third-order valence-corrected chi connectivity index (χ3v) is 5.85. The van der Waals surface area contributed by atoms with Gasteiger partial charge < -0.3 is 20.3 Å². The number of thioether (sulfide) groups is 1.